The van der Waals surface area contributed by atoms with Gasteiger partial charge in [-0.05, 0) is 6.07 Å². The molecule has 0 saturated heterocycles. The summed E-state index contributed by atoms with van der Waals surface area (Å²) < 4.78 is 5.22. The molecule has 0 spiro atoms. The van der Waals surface area contributed by atoms with Crippen LogP contribution in [0.4, 0.5) is 11.7 Å². The second-order valence-electron chi connectivity index (χ2n) is 3.73. The summed E-state index contributed by atoms with van der Waals surface area (Å²) in [4.78, 5) is 24.6. The van der Waals surface area contributed by atoms with Gasteiger partial charge < -0.3 is 20.6 Å². The van der Waals surface area contributed by atoms with Crippen molar-refractivity contribution in [3.63, 3.8) is 0 Å². The Labute approximate surface area is 106 Å². The van der Waals surface area contributed by atoms with Crippen molar-refractivity contribution in [2.45, 2.75) is 6.10 Å². The lowest BCUT2D eigenvalue weighted by molar-refractivity contribution is -0.384. The predicted molar refractivity (Wildman–Crippen MR) is 64.4 cm³/mol. The number of benzene rings is 1. The summed E-state index contributed by atoms with van der Waals surface area (Å²) in [6.07, 6.45) is -1.37. The number of aliphatic hydroxyl groups is 1. The van der Waals surface area contributed by atoms with E-state index in [0.29, 0.717) is 11.1 Å². The number of nitrogens with two attached hydrogens (primary N) is 1. The number of primary amides is 1. The number of carbonyl (C=O) groups is 1. The van der Waals surface area contributed by atoms with Crippen molar-refractivity contribution < 1.29 is 19.2 Å². The first-order chi connectivity index (χ1) is 8.97. The molecule has 1 unspecified atom stereocenters. The SMILES string of the molecule is NC(=O)C(O)CNc1nc2cc([N+](=O)[O-])ccc2o1. The number of carbonyl (C=O) groups excluding carboxylic acids is 1. The zero-order valence-corrected chi connectivity index (χ0v) is 9.57. The van der Waals surface area contributed by atoms with E-state index in [0.717, 1.165) is 0 Å². The average Bonchev–Trinajstić information content (AvgIpc) is 2.77. The number of hydrogen-bond acceptors (Lipinski definition) is 7. The number of aromatic nitrogens is 1. The molecule has 0 aliphatic heterocycles. The third-order valence-corrected chi connectivity index (χ3v) is 2.36. The number of amides is 1. The van der Waals surface area contributed by atoms with E-state index < -0.39 is 16.9 Å². The summed E-state index contributed by atoms with van der Waals surface area (Å²) in [7, 11) is 0. The van der Waals surface area contributed by atoms with E-state index in [1.54, 1.807) is 0 Å². The Morgan fingerprint density at radius 1 is 1.63 bits per heavy atom. The normalized spacial score (nSPS) is 12.3. The van der Waals surface area contributed by atoms with Crippen LogP contribution < -0.4 is 11.1 Å². The van der Waals surface area contributed by atoms with Gasteiger partial charge in [0, 0.05) is 12.1 Å². The second-order valence-corrected chi connectivity index (χ2v) is 3.73. The van der Waals surface area contributed by atoms with E-state index in [-0.39, 0.29) is 18.2 Å². The summed E-state index contributed by atoms with van der Waals surface area (Å²) >= 11 is 0. The molecule has 1 aromatic carbocycles. The third-order valence-electron chi connectivity index (χ3n) is 2.36. The molecule has 9 nitrogen and oxygen atoms in total. The van der Waals surface area contributed by atoms with Gasteiger partial charge in [0.1, 0.15) is 11.6 Å². The molecule has 100 valence electrons. The van der Waals surface area contributed by atoms with Crippen molar-refractivity contribution >= 4 is 28.7 Å². The monoisotopic (exact) mass is 266 g/mol. The summed E-state index contributed by atoms with van der Waals surface area (Å²) in [5.41, 5.74) is 5.41. The first kappa shape index (κ1) is 12.8. The Hall–Kier alpha value is -2.68. The minimum Gasteiger partial charge on any atom is -0.424 e. The first-order valence-electron chi connectivity index (χ1n) is 5.23. The lowest BCUT2D eigenvalue weighted by Gasteiger charge is -2.05. The second kappa shape index (κ2) is 4.90. The highest BCUT2D eigenvalue weighted by Gasteiger charge is 2.14. The van der Waals surface area contributed by atoms with Crippen LogP contribution in [0.5, 0.6) is 0 Å². The zero-order chi connectivity index (χ0) is 14.0. The van der Waals surface area contributed by atoms with Crippen LogP contribution >= 0.6 is 0 Å². The van der Waals surface area contributed by atoms with Gasteiger partial charge in [0.05, 0.1) is 11.5 Å². The first-order valence-corrected chi connectivity index (χ1v) is 5.23. The van der Waals surface area contributed by atoms with E-state index in [4.69, 9.17) is 10.2 Å². The maximum atomic E-state index is 10.6. The van der Waals surface area contributed by atoms with Crippen LogP contribution in [0, 0.1) is 10.1 Å². The highest BCUT2D eigenvalue weighted by atomic mass is 16.6. The van der Waals surface area contributed by atoms with Gasteiger partial charge in [0.15, 0.2) is 5.58 Å². The fourth-order valence-electron chi connectivity index (χ4n) is 1.39. The van der Waals surface area contributed by atoms with E-state index >= 15 is 0 Å². The smallest absolute Gasteiger partial charge is 0.295 e. The number of fused-ring (bicyclic) bond motifs is 1. The standard InChI is InChI=1S/C10H10N4O5/c11-9(16)7(15)4-12-10-13-6-3-5(14(17)18)1-2-8(6)19-10/h1-3,7,15H,4H2,(H2,11,16)(H,12,13). The summed E-state index contributed by atoms with van der Waals surface area (Å²) in [6.45, 7) is -0.162. The molecular weight excluding hydrogens is 256 g/mol. The number of aliphatic hydroxyl groups excluding tert-OH is 1. The Bertz CT molecular complexity index is 638. The largest absolute Gasteiger partial charge is 0.424 e. The maximum Gasteiger partial charge on any atom is 0.295 e. The molecule has 1 heterocycles. The van der Waals surface area contributed by atoms with Gasteiger partial charge in [0.2, 0.25) is 5.91 Å². The summed E-state index contributed by atoms with van der Waals surface area (Å²) in [5, 5.41) is 22.3. The molecule has 0 bridgehead atoms. The van der Waals surface area contributed by atoms with Crippen molar-refractivity contribution in [1.29, 1.82) is 0 Å². The van der Waals surface area contributed by atoms with E-state index in [9.17, 15) is 20.0 Å². The predicted octanol–water partition coefficient (Wildman–Crippen LogP) is -0.00590. The number of anilines is 1. The quantitative estimate of drug-likeness (QED) is 0.509. The molecule has 4 N–H and O–H groups in total. The van der Waals surface area contributed by atoms with E-state index in [1.807, 2.05) is 0 Å². The Balaban J connectivity index is 2.17. The lowest BCUT2D eigenvalue weighted by Crippen LogP contribution is -2.34. The highest BCUT2D eigenvalue weighted by Crippen LogP contribution is 2.23. The van der Waals surface area contributed by atoms with Crippen LogP contribution in [-0.2, 0) is 4.79 Å². The van der Waals surface area contributed by atoms with Crippen LogP contribution in [0.2, 0.25) is 0 Å². The number of oxazole rings is 1. The molecular formula is C10H10N4O5. The van der Waals surface area contributed by atoms with Gasteiger partial charge in [-0.15, -0.1) is 0 Å². The summed E-state index contributed by atoms with van der Waals surface area (Å²) in [5.74, 6) is -0.876. The van der Waals surface area contributed by atoms with Gasteiger partial charge in [-0.2, -0.15) is 4.98 Å². The Morgan fingerprint density at radius 2 is 2.37 bits per heavy atom. The number of non-ortho nitro benzene ring substituents is 1. The molecule has 2 rings (SSSR count). The topological polar surface area (TPSA) is 145 Å². The van der Waals surface area contributed by atoms with Crippen molar-refractivity contribution in [2.75, 3.05) is 11.9 Å². The summed E-state index contributed by atoms with van der Waals surface area (Å²) in [6, 6.07) is 4.00. The van der Waals surface area contributed by atoms with Crippen LogP contribution in [0.1, 0.15) is 0 Å². The highest BCUT2D eigenvalue weighted by molar-refractivity contribution is 5.79. The average molecular weight is 266 g/mol. The zero-order valence-electron chi connectivity index (χ0n) is 9.57. The number of hydrogen-bond donors (Lipinski definition) is 3. The Morgan fingerprint density at radius 3 is 3.00 bits per heavy atom. The number of nitrogens with zero attached hydrogens (tertiary/aromatic N) is 2. The van der Waals surface area contributed by atoms with Crippen molar-refractivity contribution in [3.8, 4) is 0 Å². The third kappa shape index (κ3) is 2.77. The number of rotatable bonds is 5. The van der Waals surface area contributed by atoms with Crippen molar-refractivity contribution in [2.24, 2.45) is 5.73 Å². The van der Waals surface area contributed by atoms with Gasteiger partial charge in [0.25, 0.3) is 11.7 Å². The van der Waals surface area contributed by atoms with Crippen LogP contribution in [-0.4, -0.2) is 33.6 Å². The molecule has 2 aromatic rings. The van der Waals surface area contributed by atoms with Crippen molar-refractivity contribution in [1.82, 2.24) is 4.98 Å². The molecule has 9 heteroatoms. The van der Waals surface area contributed by atoms with Crippen LogP contribution in [0.15, 0.2) is 22.6 Å². The van der Waals surface area contributed by atoms with Gasteiger partial charge in [-0.25, -0.2) is 0 Å². The number of nitro benzene ring substituents is 1. The molecule has 1 aromatic heterocycles. The van der Waals surface area contributed by atoms with Crippen molar-refractivity contribution in [3.05, 3.63) is 28.3 Å². The van der Waals surface area contributed by atoms with Gasteiger partial charge >= 0.3 is 0 Å². The molecule has 0 aliphatic carbocycles. The van der Waals surface area contributed by atoms with Crippen LogP contribution in [0.25, 0.3) is 11.1 Å². The fourth-order valence-corrected chi connectivity index (χ4v) is 1.39. The molecule has 1 atom stereocenters. The molecule has 19 heavy (non-hydrogen) atoms. The molecule has 0 aliphatic rings. The molecule has 0 saturated carbocycles. The van der Waals surface area contributed by atoms with Gasteiger partial charge in [-0.3, -0.25) is 14.9 Å². The fraction of sp³-hybridized carbons (Fsp3) is 0.200. The van der Waals surface area contributed by atoms with Crippen LogP contribution in [0.3, 0.4) is 0 Å². The minimum atomic E-state index is -1.37. The Kier molecular flexibility index (Phi) is 3.29. The van der Waals surface area contributed by atoms with E-state index in [1.165, 1.54) is 18.2 Å². The van der Waals surface area contributed by atoms with Gasteiger partial charge in [-0.1, -0.05) is 0 Å². The van der Waals surface area contributed by atoms with E-state index in [2.05, 4.69) is 10.3 Å². The maximum absolute atomic E-state index is 10.6. The minimum absolute atomic E-state index is 0.0378. The number of nitrogens with one attached hydrogen (secondary N) is 1. The number of nitro groups is 1. The molecule has 1 amide bonds. The molecule has 0 radical (unpaired) electrons. The lowest BCUT2D eigenvalue weighted by atomic mass is 10.3. The molecule has 0 fully saturated rings.